The number of carbonyl (C=O) groups is 1. The van der Waals surface area contributed by atoms with Crippen molar-refractivity contribution in [3.05, 3.63) is 27.9 Å². The number of carbonyl (C=O) groups excluding carboxylic acids is 1. The van der Waals surface area contributed by atoms with E-state index < -0.39 is 10.0 Å². The number of sulfonamides is 1. The lowest BCUT2D eigenvalue weighted by molar-refractivity contribution is -0.120. The molecule has 1 aliphatic rings. The van der Waals surface area contributed by atoms with Gasteiger partial charge in [-0.2, -0.15) is 4.31 Å². The van der Waals surface area contributed by atoms with E-state index in [4.69, 9.17) is 0 Å². The van der Waals surface area contributed by atoms with Crippen molar-refractivity contribution in [2.75, 3.05) is 24.2 Å². The first-order valence-corrected chi connectivity index (χ1v) is 13.7. The van der Waals surface area contributed by atoms with E-state index >= 15 is 0 Å². The van der Waals surface area contributed by atoms with Crippen LogP contribution >= 0.6 is 34.4 Å². The van der Waals surface area contributed by atoms with Crippen LogP contribution < -0.4 is 10.2 Å². The summed E-state index contributed by atoms with van der Waals surface area (Å²) >= 11 is 3.93. The van der Waals surface area contributed by atoms with Crippen molar-refractivity contribution in [3.63, 3.8) is 0 Å². The van der Waals surface area contributed by atoms with Crippen molar-refractivity contribution in [3.8, 4) is 0 Å². The van der Waals surface area contributed by atoms with E-state index in [1.165, 1.54) is 26.3 Å². The molecule has 31 heavy (non-hydrogen) atoms. The third-order valence-electron chi connectivity index (χ3n) is 5.13. The summed E-state index contributed by atoms with van der Waals surface area (Å²) in [5, 5.41) is 11.3. The Labute approximate surface area is 191 Å². The molecule has 3 aromatic rings. The normalized spacial score (nSPS) is 16.1. The third kappa shape index (κ3) is 4.55. The Hall–Kier alpha value is -1.80. The topological polar surface area (TPSA) is 114 Å². The molecule has 0 saturated carbocycles. The highest BCUT2D eigenvalue weighted by Gasteiger charge is 2.32. The van der Waals surface area contributed by atoms with Crippen LogP contribution in [0, 0.1) is 5.92 Å². The van der Waals surface area contributed by atoms with Gasteiger partial charge in [-0.25, -0.2) is 8.42 Å². The summed E-state index contributed by atoms with van der Waals surface area (Å²) in [6.07, 6.45) is 0.864. The largest absolute Gasteiger partial charge is 0.307 e. The molecule has 0 spiro atoms. The Kier molecular flexibility index (Phi) is 6.49. The quantitative estimate of drug-likeness (QED) is 0.410. The Bertz CT molecular complexity index is 1270. The molecule has 0 unspecified atom stereocenters. The summed E-state index contributed by atoms with van der Waals surface area (Å²) in [5.74, 6) is 0.446. The zero-order valence-corrected chi connectivity index (χ0v) is 20.2. The van der Waals surface area contributed by atoms with Gasteiger partial charge in [0.15, 0.2) is 4.34 Å². The van der Waals surface area contributed by atoms with Crippen LogP contribution in [0.3, 0.4) is 0 Å². The number of nitrogens with one attached hydrogen (secondary N) is 1. The van der Waals surface area contributed by atoms with Crippen molar-refractivity contribution in [2.24, 2.45) is 13.0 Å². The van der Waals surface area contributed by atoms with Gasteiger partial charge in [-0.1, -0.05) is 41.4 Å². The average molecular weight is 500 g/mol. The standard InChI is InChI=1S/C18H21N5O4S4/c1-3-28-17-21-20-16(30-17)19-15(24)11-6-8-23(9-7-11)31(26,27)12-4-5-13-14(10-12)29-18(25)22(13)2/h4-5,10-11H,3,6-9H2,1-2H3,(H,19,20,24). The predicted octanol–water partition coefficient (Wildman–Crippen LogP) is 2.60. The molecule has 0 radical (unpaired) electrons. The number of piperidine rings is 1. The fourth-order valence-electron chi connectivity index (χ4n) is 3.43. The summed E-state index contributed by atoms with van der Waals surface area (Å²) in [6.45, 7) is 2.54. The van der Waals surface area contributed by atoms with Gasteiger partial charge in [0.25, 0.3) is 0 Å². The fraction of sp³-hybridized carbons (Fsp3) is 0.444. The first kappa shape index (κ1) is 22.4. The van der Waals surface area contributed by atoms with Gasteiger partial charge in [-0.3, -0.25) is 9.59 Å². The maximum Gasteiger partial charge on any atom is 0.307 e. The number of amides is 1. The minimum Gasteiger partial charge on any atom is -0.302 e. The predicted molar refractivity (Wildman–Crippen MR) is 123 cm³/mol. The molecule has 1 aliphatic heterocycles. The van der Waals surface area contributed by atoms with Crippen molar-refractivity contribution in [2.45, 2.75) is 29.0 Å². The van der Waals surface area contributed by atoms with Crippen molar-refractivity contribution >= 4 is 65.7 Å². The molecule has 1 fully saturated rings. The Morgan fingerprint density at radius 2 is 2.00 bits per heavy atom. The SMILES string of the molecule is CCSc1nnc(NC(=O)C2CCN(S(=O)(=O)c3ccc4c(c3)sc(=O)n4C)CC2)s1. The number of anilines is 1. The van der Waals surface area contributed by atoms with Crippen LogP contribution in [0.15, 0.2) is 32.2 Å². The number of rotatable bonds is 6. The van der Waals surface area contributed by atoms with Crippen LogP contribution in [0.4, 0.5) is 5.13 Å². The second-order valence-corrected chi connectivity index (χ2v) is 12.5. The van der Waals surface area contributed by atoms with E-state index in [1.807, 2.05) is 6.92 Å². The molecule has 0 aliphatic carbocycles. The van der Waals surface area contributed by atoms with E-state index in [-0.39, 0.29) is 34.7 Å². The Morgan fingerprint density at radius 1 is 1.26 bits per heavy atom. The van der Waals surface area contributed by atoms with E-state index in [0.29, 0.717) is 28.2 Å². The molecule has 9 nitrogen and oxygen atoms in total. The number of aryl methyl sites for hydroxylation is 1. The zero-order valence-electron chi connectivity index (χ0n) is 16.9. The number of hydrogen-bond donors (Lipinski definition) is 1. The van der Waals surface area contributed by atoms with Gasteiger partial charge in [-0.15, -0.1) is 10.2 Å². The number of fused-ring (bicyclic) bond motifs is 1. The highest BCUT2D eigenvalue weighted by molar-refractivity contribution is 8.01. The number of thiazole rings is 1. The lowest BCUT2D eigenvalue weighted by Gasteiger charge is -2.30. The summed E-state index contributed by atoms with van der Waals surface area (Å²) in [6, 6.07) is 4.74. The molecule has 2 aromatic heterocycles. The smallest absolute Gasteiger partial charge is 0.302 e. The zero-order chi connectivity index (χ0) is 22.2. The monoisotopic (exact) mass is 499 g/mol. The molecule has 4 rings (SSSR count). The molecule has 0 bridgehead atoms. The second kappa shape index (κ2) is 8.98. The molecular formula is C18H21N5O4S4. The van der Waals surface area contributed by atoms with Gasteiger partial charge in [0.05, 0.1) is 15.1 Å². The summed E-state index contributed by atoms with van der Waals surface area (Å²) in [5.41, 5.74) is 0.710. The third-order valence-corrected chi connectivity index (χ3v) is 9.87. The van der Waals surface area contributed by atoms with Crippen molar-refractivity contribution in [1.82, 2.24) is 19.1 Å². The summed E-state index contributed by atoms with van der Waals surface area (Å²) < 4.78 is 30.5. The minimum atomic E-state index is -3.69. The van der Waals surface area contributed by atoms with E-state index in [9.17, 15) is 18.0 Å². The molecule has 1 saturated heterocycles. The Balaban J connectivity index is 1.41. The average Bonchev–Trinajstić information content (AvgIpc) is 3.31. The number of benzene rings is 1. The van der Waals surface area contributed by atoms with Crippen LogP contribution in [-0.4, -0.2) is 52.2 Å². The number of hydrogen-bond acceptors (Lipinski definition) is 9. The summed E-state index contributed by atoms with van der Waals surface area (Å²) in [4.78, 5) is 24.4. The maximum atomic E-state index is 13.1. The molecule has 0 atom stereocenters. The van der Waals surface area contributed by atoms with Crippen LogP contribution in [0.1, 0.15) is 19.8 Å². The molecular weight excluding hydrogens is 478 g/mol. The van der Waals surface area contributed by atoms with Gasteiger partial charge in [0.2, 0.25) is 21.1 Å². The highest BCUT2D eigenvalue weighted by Crippen LogP contribution is 2.29. The molecule has 166 valence electrons. The highest BCUT2D eigenvalue weighted by atomic mass is 32.2. The first-order chi connectivity index (χ1) is 14.8. The summed E-state index contributed by atoms with van der Waals surface area (Å²) in [7, 11) is -2.03. The van der Waals surface area contributed by atoms with Crippen LogP contribution in [0.5, 0.6) is 0 Å². The number of nitrogens with zero attached hydrogens (tertiary/aromatic N) is 4. The molecule has 13 heteroatoms. The van der Waals surface area contributed by atoms with Crippen molar-refractivity contribution < 1.29 is 13.2 Å². The van der Waals surface area contributed by atoms with Gasteiger partial charge in [0, 0.05) is 26.1 Å². The molecule has 1 N–H and O–H groups in total. The van der Waals surface area contributed by atoms with E-state index in [2.05, 4.69) is 15.5 Å². The molecule has 1 aromatic carbocycles. The van der Waals surface area contributed by atoms with Gasteiger partial charge < -0.3 is 9.88 Å². The maximum absolute atomic E-state index is 13.1. The van der Waals surface area contributed by atoms with Gasteiger partial charge >= 0.3 is 4.87 Å². The van der Waals surface area contributed by atoms with Crippen molar-refractivity contribution in [1.29, 1.82) is 0 Å². The van der Waals surface area contributed by atoms with Crippen LogP contribution in [-0.2, 0) is 21.9 Å². The lowest BCUT2D eigenvalue weighted by atomic mass is 9.97. The van der Waals surface area contributed by atoms with Crippen LogP contribution in [0.25, 0.3) is 10.2 Å². The second-order valence-electron chi connectivity index (χ2n) is 7.03. The molecule has 3 heterocycles. The Morgan fingerprint density at radius 3 is 2.71 bits per heavy atom. The van der Waals surface area contributed by atoms with Gasteiger partial charge in [-0.05, 0) is 36.8 Å². The lowest BCUT2D eigenvalue weighted by Crippen LogP contribution is -2.41. The number of thioether (sulfide) groups is 1. The van der Waals surface area contributed by atoms with Gasteiger partial charge in [0.1, 0.15) is 0 Å². The fourth-order valence-corrected chi connectivity index (χ4v) is 7.57. The molecule has 1 amide bonds. The van der Waals surface area contributed by atoms with E-state index in [0.717, 1.165) is 21.4 Å². The first-order valence-electron chi connectivity index (χ1n) is 9.66. The minimum absolute atomic E-state index is 0.132. The number of aromatic nitrogens is 3. The van der Waals surface area contributed by atoms with Crippen LogP contribution in [0.2, 0.25) is 0 Å². The van der Waals surface area contributed by atoms with E-state index in [1.54, 1.807) is 30.9 Å².